The summed E-state index contributed by atoms with van der Waals surface area (Å²) < 4.78 is 7.57. The molecule has 3 aromatic rings. The Bertz CT molecular complexity index is 1060. The number of fused-ring (bicyclic) bond motifs is 1. The van der Waals surface area contributed by atoms with E-state index in [0.29, 0.717) is 17.2 Å². The number of nitrogen functional groups attached to an aromatic ring is 2. The van der Waals surface area contributed by atoms with Gasteiger partial charge in [0.1, 0.15) is 12.1 Å². The van der Waals surface area contributed by atoms with Gasteiger partial charge in [0.15, 0.2) is 17.0 Å². The molecule has 1 unspecified atom stereocenters. The first kappa shape index (κ1) is 18.9. The number of anilines is 3. The van der Waals surface area contributed by atoms with Gasteiger partial charge in [-0.1, -0.05) is 6.42 Å². The zero-order chi connectivity index (χ0) is 20.7. The van der Waals surface area contributed by atoms with Gasteiger partial charge < -0.3 is 21.1 Å². The molecule has 30 heavy (non-hydrogen) atoms. The predicted molar refractivity (Wildman–Crippen MR) is 118 cm³/mol. The van der Waals surface area contributed by atoms with Crippen LogP contribution in [0.1, 0.15) is 25.7 Å². The summed E-state index contributed by atoms with van der Waals surface area (Å²) in [6, 6.07) is 6.91. The second-order valence-electron chi connectivity index (χ2n) is 8.10. The lowest BCUT2D eigenvalue weighted by Gasteiger charge is -2.32. The predicted octanol–water partition coefficient (Wildman–Crippen LogP) is 2.05. The van der Waals surface area contributed by atoms with Crippen LogP contribution in [0.5, 0.6) is 5.75 Å². The highest BCUT2D eigenvalue weighted by molar-refractivity contribution is 5.84. The Morgan fingerprint density at radius 2 is 1.90 bits per heavy atom. The van der Waals surface area contributed by atoms with Crippen LogP contribution in [0.25, 0.3) is 16.9 Å². The molecule has 9 heteroatoms. The third kappa shape index (κ3) is 3.28. The lowest BCUT2D eigenvalue weighted by atomic mass is 10.1. The Morgan fingerprint density at radius 1 is 1.07 bits per heavy atom. The summed E-state index contributed by atoms with van der Waals surface area (Å²) in [5.41, 5.74) is 14.9. The van der Waals surface area contributed by atoms with Crippen molar-refractivity contribution in [2.75, 3.05) is 49.7 Å². The summed E-state index contributed by atoms with van der Waals surface area (Å²) >= 11 is 0. The van der Waals surface area contributed by atoms with Gasteiger partial charge in [0, 0.05) is 30.9 Å². The van der Waals surface area contributed by atoms with E-state index in [-0.39, 0.29) is 11.8 Å². The molecule has 2 fully saturated rings. The maximum atomic E-state index is 5.95. The van der Waals surface area contributed by atoms with Crippen LogP contribution >= 0.6 is 0 Å². The van der Waals surface area contributed by atoms with Gasteiger partial charge >= 0.3 is 0 Å². The largest absolute Gasteiger partial charge is 0.494 e. The van der Waals surface area contributed by atoms with Crippen LogP contribution in [0.4, 0.5) is 17.5 Å². The van der Waals surface area contributed by atoms with E-state index in [1.54, 1.807) is 13.4 Å². The molecule has 0 aliphatic carbocycles. The standard InChI is InChI=1S/C21H28N8O/c1-30-17-11-14(28-10-7-15(12-28)27-8-3-2-4-9-27)5-6-16(17)29-13-24-18-19(22)25-21(23)26-20(18)29/h5-6,11,13,15H,2-4,7-10,12H2,1H3,(H4,22,23,25,26). The van der Waals surface area contributed by atoms with Gasteiger partial charge in [-0.3, -0.25) is 9.47 Å². The van der Waals surface area contributed by atoms with E-state index < -0.39 is 0 Å². The first-order chi connectivity index (χ1) is 14.6. The summed E-state index contributed by atoms with van der Waals surface area (Å²) in [6.45, 7) is 4.61. The van der Waals surface area contributed by atoms with E-state index in [1.165, 1.54) is 44.5 Å². The number of hydrogen-bond donors (Lipinski definition) is 2. The maximum absolute atomic E-state index is 5.95. The summed E-state index contributed by atoms with van der Waals surface area (Å²) in [7, 11) is 1.68. The van der Waals surface area contributed by atoms with Crippen molar-refractivity contribution in [2.24, 2.45) is 0 Å². The summed E-state index contributed by atoms with van der Waals surface area (Å²) in [5.74, 6) is 1.15. The summed E-state index contributed by atoms with van der Waals surface area (Å²) in [6.07, 6.45) is 6.92. The number of piperidine rings is 1. The monoisotopic (exact) mass is 408 g/mol. The quantitative estimate of drug-likeness (QED) is 0.675. The average molecular weight is 409 g/mol. The fraction of sp³-hybridized carbons (Fsp3) is 0.476. The highest BCUT2D eigenvalue weighted by atomic mass is 16.5. The minimum absolute atomic E-state index is 0.123. The van der Waals surface area contributed by atoms with Crippen LogP contribution in [0.3, 0.4) is 0 Å². The Labute approximate surface area is 175 Å². The Hall–Kier alpha value is -3.07. The van der Waals surface area contributed by atoms with Crippen molar-refractivity contribution in [3.63, 3.8) is 0 Å². The number of ether oxygens (including phenoxy) is 1. The number of nitrogens with two attached hydrogens (primary N) is 2. The number of nitrogens with zero attached hydrogens (tertiary/aromatic N) is 6. The molecule has 1 aromatic carbocycles. The molecule has 2 aliphatic heterocycles. The van der Waals surface area contributed by atoms with Crippen molar-refractivity contribution in [3.8, 4) is 11.4 Å². The summed E-state index contributed by atoms with van der Waals surface area (Å²) in [5, 5.41) is 0. The first-order valence-electron chi connectivity index (χ1n) is 10.6. The van der Waals surface area contributed by atoms with Gasteiger partial charge in [-0.15, -0.1) is 0 Å². The van der Waals surface area contributed by atoms with Crippen LogP contribution in [0, 0.1) is 0 Å². The number of aromatic nitrogens is 4. The van der Waals surface area contributed by atoms with Gasteiger partial charge in [-0.25, -0.2) is 4.98 Å². The van der Waals surface area contributed by atoms with Crippen molar-refractivity contribution in [2.45, 2.75) is 31.7 Å². The van der Waals surface area contributed by atoms with Crippen LogP contribution in [0.15, 0.2) is 24.5 Å². The van der Waals surface area contributed by atoms with Crippen LogP contribution in [0.2, 0.25) is 0 Å². The number of methoxy groups -OCH3 is 1. The van der Waals surface area contributed by atoms with Crippen molar-refractivity contribution in [3.05, 3.63) is 24.5 Å². The zero-order valence-corrected chi connectivity index (χ0v) is 17.3. The number of benzene rings is 1. The Morgan fingerprint density at radius 3 is 2.70 bits per heavy atom. The number of hydrogen-bond acceptors (Lipinski definition) is 8. The van der Waals surface area contributed by atoms with Crippen LogP contribution in [-0.4, -0.2) is 63.7 Å². The SMILES string of the molecule is COc1cc(N2CCC(N3CCCCC3)C2)ccc1-n1cnc2c(N)nc(N)nc21. The van der Waals surface area contributed by atoms with Gasteiger partial charge in [0.25, 0.3) is 0 Å². The number of likely N-dealkylation sites (tertiary alicyclic amines) is 1. The maximum Gasteiger partial charge on any atom is 0.224 e. The molecule has 2 saturated heterocycles. The summed E-state index contributed by atoms with van der Waals surface area (Å²) in [4.78, 5) is 17.8. The molecule has 0 saturated carbocycles. The second-order valence-corrected chi connectivity index (χ2v) is 8.10. The molecule has 4 heterocycles. The third-order valence-corrected chi connectivity index (χ3v) is 6.30. The minimum Gasteiger partial charge on any atom is -0.494 e. The molecule has 0 amide bonds. The fourth-order valence-corrected chi connectivity index (χ4v) is 4.74. The van der Waals surface area contributed by atoms with Crippen molar-refractivity contribution in [1.29, 1.82) is 0 Å². The van der Waals surface area contributed by atoms with E-state index in [2.05, 4.69) is 36.9 Å². The molecule has 5 rings (SSSR count). The molecule has 0 bridgehead atoms. The molecular formula is C21H28N8O. The van der Waals surface area contributed by atoms with E-state index >= 15 is 0 Å². The van der Waals surface area contributed by atoms with Crippen molar-refractivity contribution in [1.82, 2.24) is 24.4 Å². The van der Waals surface area contributed by atoms with Crippen LogP contribution in [-0.2, 0) is 0 Å². The third-order valence-electron chi connectivity index (χ3n) is 6.30. The second kappa shape index (κ2) is 7.64. The highest BCUT2D eigenvalue weighted by Crippen LogP contribution is 2.33. The van der Waals surface area contributed by atoms with Crippen LogP contribution < -0.4 is 21.1 Å². The number of rotatable bonds is 4. The molecule has 0 radical (unpaired) electrons. The topological polar surface area (TPSA) is 111 Å². The van der Waals surface area contributed by atoms with Gasteiger partial charge in [-0.2, -0.15) is 9.97 Å². The Balaban J connectivity index is 1.43. The number of imidazole rings is 1. The Kier molecular flexibility index (Phi) is 4.82. The lowest BCUT2D eigenvalue weighted by molar-refractivity contribution is 0.175. The molecule has 2 aliphatic rings. The van der Waals surface area contributed by atoms with E-state index in [9.17, 15) is 0 Å². The van der Waals surface area contributed by atoms with Gasteiger partial charge in [0.05, 0.1) is 12.8 Å². The average Bonchev–Trinajstić information content (AvgIpc) is 3.42. The van der Waals surface area contributed by atoms with E-state index in [0.717, 1.165) is 24.5 Å². The normalized spacial score (nSPS) is 20.2. The molecule has 1 atom stereocenters. The smallest absolute Gasteiger partial charge is 0.224 e. The molecular weight excluding hydrogens is 380 g/mol. The van der Waals surface area contributed by atoms with Crippen molar-refractivity contribution >= 4 is 28.6 Å². The lowest BCUT2D eigenvalue weighted by Crippen LogP contribution is -2.40. The van der Waals surface area contributed by atoms with E-state index in [1.807, 2.05) is 10.6 Å². The molecule has 158 valence electrons. The first-order valence-corrected chi connectivity index (χ1v) is 10.6. The van der Waals surface area contributed by atoms with Gasteiger partial charge in [-0.05, 0) is 44.5 Å². The van der Waals surface area contributed by atoms with E-state index in [4.69, 9.17) is 16.2 Å². The molecule has 2 aromatic heterocycles. The molecule has 9 nitrogen and oxygen atoms in total. The zero-order valence-electron chi connectivity index (χ0n) is 17.3. The molecule has 0 spiro atoms. The fourth-order valence-electron chi connectivity index (χ4n) is 4.74. The van der Waals surface area contributed by atoms with Gasteiger partial charge in [0.2, 0.25) is 5.95 Å². The molecule has 4 N–H and O–H groups in total. The highest BCUT2D eigenvalue weighted by Gasteiger charge is 2.29. The van der Waals surface area contributed by atoms with Crippen molar-refractivity contribution < 1.29 is 4.74 Å². The minimum atomic E-state index is 0.123.